The molecule has 0 aliphatic rings. The van der Waals surface area contributed by atoms with Gasteiger partial charge in [0.25, 0.3) is 0 Å². The number of nitrogens with zero attached hydrogens (tertiary/aromatic N) is 1. The lowest BCUT2D eigenvalue weighted by Gasteiger charge is -2.21. The van der Waals surface area contributed by atoms with Gasteiger partial charge in [0.05, 0.1) is 13.2 Å². The van der Waals surface area contributed by atoms with Crippen molar-refractivity contribution in [2.24, 2.45) is 0 Å². The number of esters is 2. The molecule has 0 rings (SSSR count). The van der Waals surface area contributed by atoms with E-state index in [1.807, 2.05) is 13.8 Å². The van der Waals surface area contributed by atoms with Gasteiger partial charge in [-0.3, -0.25) is 9.59 Å². The average molecular weight is 740 g/mol. The van der Waals surface area contributed by atoms with Gasteiger partial charge in [0.15, 0.2) is 0 Å². The number of rotatable bonds is 41. The summed E-state index contributed by atoms with van der Waals surface area (Å²) in [5.74, 6) is -0.0423. The third-order valence-electron chi connectivity index (χ3n) is 10.2. The molecule has 312 valence electrons. The fraction of sp³-hybridized carbons (Fsp3) is 0.957. The number of ether oxygens (including phenoxy) is 2. The number of carbonyl (C=O) groups is 2. The highest BCUT2D eigenvalue weighted by Gasteiger charge is 2.14. The highest BCUT2D eigenvalue weighted by Crippen LogP contribution is 2.18. The van der Waals surface area contributed by atoms with Gasteiger partial charge in [0, 0.05) is 19.4 Å². The zero-order valence-corrected chi connectivity index (χ0v) is 36.0. The third kappa shape index (κ3) is 41.6. The molecule has 0 amide bonds. The number of unbranched alkanes of at least 4 members (excludes halogenated alkanes) is 24. The summed E-state index contributed by atoms with van der Waals surface area (Å²) < 4.78 is 11.4. The van der Waals surface area contributed by atoms with Gasteiger partial charge >= 0.3 is 11.9 Å². The molecule has 0 spiro atoms. The van der Waals surface area contributed by atoms with Gasteiger partial charge in [-0.25, -0.2) is 0 Å². The lowest BCUT2D eigenvalue weighted by atomic mass is 10.0. The number of hydrogen-bond donors (Lipinski definition) is 1. The second kappa shape index (κ2) is 46.0. The Hall–Kier alpha value is -1.14. The molecule has 0 saturated heterocycles. The van der Waals surface area contributed by atoms with Crippen LogP contribution in [0.5, 0.6) is 0 Å². The highest BCUT2D eigenvalue weighted by molar-refractivity contribution is 5.69. The molecule has 6 heteroatoms. The van der Waals surface area contributed by atoms with Crippen molar-refractivity contribution in [3.63, 3.8) is 0 Å². The van der Waals surface area contributed by atoms with Gasteiger partial charge in [0.2, 0.25) is 0 Å². The Morgan fingerprint density at radius 2 is 0.827 bits per heavy atom. The van der Waals surface area contributed by atoms with E-state index in [-0.39, 0.29) is 24.6 Å². The Bertz CT molecular complexity index is 686. The van der Waals surface area contributed by atoms with Crippen molar-refractivity contribution in [2.75, 3.05) is 32.8 Å². The summed E-state index contributed by atoms with van der Waals surface area (Å²) in [5.41, 5.74) is 0. The van der Waals surface area contributed by atoms with Crippen LogP contribution in [0.3, 0.4) is 0 Å². The molecule has 0 aliphatic carbocycles. The Kier molecular flexibility index (Phi) is 46.9. The summed E-state index contributed by atoms with van der Waals surface area (Å²) in [6.07, 6.45) is 38.4. The van der Waals surface area contributed by atoms with Crippen molar-refractivity contribution < 1.29 is 24.2 Å². The number of aliphatic hydroxyl groups is 1. The molecular weight excluding hydrogens is 647 g/mol. The van der Waals surface area contributed by atoms with Crippen LogP contribution in [0.2, 0.25) is 0 Å². The quantitative estimate of drug-likeness (QED) is 0.0497. The van der Waals surface area contributed by atoms with Crippen LogP contribution in [0.1, 0.15) is 247 Å². The third-order valence-corrected chi connectivity index (χ3v) is 10.2. The van der Waals surface area contributed by atoms with E-state index in [0.717, 1.165) is 90.1 Å². The largest absolute Gasteiger partial charge is 0.466 e. The van der Waals surface area contributed by atoms with Gasteiger partial charge in [-0.2, -0.15) is 0 Å². The van der Waals surface area contributed by atoms with Crippen molar-refractivity contribution in [1.29, 1.82) is 0 Å². The maximum absolute atomic E-state index is 12.7. The summed E-state index contributed by atoms with van der Waals surface area (Å²) in [6, 6.07) is 0. The van der Waals surface area contributed by atoms with Gasteiger partial charge in [-0.15, -0.1) is 0 Å². The molecule has 0 bridgehead atoms. The van der Waals surface area contributed by atoms with E-state index in [0.29, 0.717) is 26.0 Å². The van der Waals surface area contributed by atoms with Crippen molar-refractivity contribution in [1.82, 2.24) is 4.90 Å². The van der Waals surface area contributed by atoms with Crippen LogP contribution < -0.4 is 0 Å². The zero-order valence-electron chi connectivity index (χ0n) is 36.0. The minimum atomic E-state index is -0.0498. The standard InChI is InChI=1S/C44H87NO5.C2H6/c1-4-7-10-13-16-17-18-24-32-41-49-43(47)35-29-25-31-38-45(39-40-46)37-30-23-19-22-28-36-44(48)50-42(33-26-20-14-11-8-5-2)34-27-21-15-12-9-6-3;1-2/h42,46H,4-41H2,1-3H3;1-2H3. The average Bonchev–Trinajstić information content (AvgIpc) is 3.15. The van der Waals surface area contributed by atoms with Crippen LogP contribution in [-0.2, 0) is 19.1 Å². The van der Waals surface area contributed by atoms with Crippen molar-refractivity contribution in [3.8, 4) is 0 Å². The Balaban J connectivity index is 0. The van der Waals surface area contributed by atoms with E-state index in [9.17, 15) is 14.7 Å². The monoisotopic (exact) mass is 740 g/mol. The lowest BCUT2D eigenvalue weighted by Crippen LogP contribution is -2.29. The fourth-order valence-electron chi connectivity index (χ4n) is 6.88. The van der Waals surface area contributed by atoms with Crippen molar-refractivity contribution in [2.45, 2.75) is 253 Å². The Morgan fingerprint density at radius 1 is 0.462 bits per heavy atom. The van der Waals surface area contributed by atoms with Gasteiger partial charge in [-0.05, 0) is 70.9 Å². The van der Waals surface area contributed by atoms with Gasteiger partial charge < -0.3 is 19.5 Å². The Morgan fingerprint density at radius 3 is 1.29 bits per heavy atom. The van der Waals surface area contributed by atoms with E-state index < -0.39 is 0 Å². The summed E-state index contributed by atoms with van der Waals surface area (Å²) in [4.78, 5) is 27.1. The van der Waals surface area contributed by atoms with E-state index in [1.54, 1.807) is 0 Å². The number of aliphatic hydroxyl groups excluding tert-OH is 1. The summed E-state index contributed by atoms with van der Waals surface area (Å²) in [5, 5.41) is 9.53. The van der Waals surface area contributed by atoms with Crippen LogP contribution in [0.15, 0.2) is 0 Å². The Labute approximate surface area is 325 Å². The van der Waals surface area contributed by atoms with E-state index in [1.165, 1.54) is 122 Å². The first-order valence-corrected chi connectivity index (χ1v) is 23.3. The second-order valence-electron chi connectivity index (χ2n) is 15.2. The molecule has 0 radical (unpaired) electrons. The predicted octanol–water partition coefficient (Wildman–Crippen LogP) is 13.7. The lowest BCUT2D eigenvalue weighted by molar-refractivity contribution is -0.150. The zero-order chi connectivity index (χ0) is 38.6. The molecule has 0 aliphatic heterocycles. The second-order valence-corrected chi connectivity index (χ2v) is 15.2. The molecule has 0 atom stereocenters. The van der Waals surface area contributed by atoms with E-state index in [4.69, 9.17) is 9.47 Å². The first kappa shape index (κ1) is 53.0. The molecular formula is C46H93NO5. The normalized spacial score (nSPS) is 11.2. The van der Waals surface area contributed by atoms with Crippen molar-refractivity contribution in [3.05, 3.63) is 0 Å². The maximum Gasteiger partial charge on any atom is 0.306 e. The topological polar surface area (TPSA) is 76.1 Å². The van der Waals surface area contributed by atoms with Crippen LogP contribution in [-0.4, -0.2) is 60.9 Å². The summed E-state index contributed by atoms with van der Waals surface area (Å²) >= 11 is 0. The predicted molar refractivity (Wildman–Crippen MR) is 225 cm³/mol. The number of carbonyl (C=O) groups excluding carboxylic acids is 2. The molecule has 52 heavy (non-hydrogen) atoms. The fourth-order valence-corrected chi connectivity index (χ4v) is 6.88. The molecule has 0 heterocycles. The number of hydrogen-bond acceptors (Lipinski definition) is 6. The van der Waals surface area contributed by atoms with Crippen molar-refractivity contribution >= 4 is 11.9 Å². The molecule has 0 aromatic heterocycles. The maximum atomic E-state index is 12.7. The SMILES string of the molecule is CC.CCCCCCCCCCCOC(=O)CCCCCN(CCO)CCCCCCCC(=O)OC(CCCCCCCC)CCCCCCCC. The molecule has 6 nitrogen and oxygen atoms in total. The summed E-state index contributed by atoms with van der Waals surface area (Å²) in [7, 11) is 0. The van der Waals surface area contributed by atoms with Crippen LogP contribution in [0.4, 0.5) is 0 Å². The minimum Gasteiger partial charge on any atom is -0.466 e. The smallest absolute Gasteiger partial charge is 0.306 e. The molecule has 1 N–H and O–H groups in total. The molecule has 0 fully saturated rings. The van der Waals surface area contributed by atoms with E-state index in [2.05, 4.69) is 25.7 Å². The highest BCUT2D eigenvalue weighted by atomic mass is 16.5. The molecule has 0 saturated carbocycles. The van der Waals surface area contributed by atoms with Crippen LogP contribution in [0, 0.1) is 0 Å². The first-order valence-electron chi connectivity index (χ1n) is 23.3. The summed E-state index contributed by atoms with van der Waals surface area (Å²) in [6.45, 7) is 14.2. The van der Waals surface area contributed by atoms with Crippen LogP contribution in [0.25, 0.3) is 0 Å². The minimum absolute atomic E-state index is 0.00755. The molecule has 0 aromatic rings. The van der Waals surface area contributed by atoms with E-state index >= 15 is 0 Å². The van der Waals surface area contributed by atoms with Gasteiger partial charge in [0.1, 0.15) is 6.10 Å². The first-order chi connectivity index (χ1) is 25.6. The van der Waals surface area contributed by atoms with Crippen LogP contribution >= 0.6 is 0 Å². The van der Waals surface area contributed by atoms with Gasteiger partial charge in [-0.1, -0.05) is 176 Å². The molecule has 0 unspecified atom stereocenters. The molecule has 0 aromatic carbocycles.